The second kappa shape index (κ2) is 5.47. The van der Waals surface area contributed by atoms with E-state index in [1.165, 1.54) is 37.7 Å². The van der Waals surface area contributed by atoms with Gasteiger partial charge < -0.3 is 10.6 Å². The second-order valence-electron chi connectivity index (χ2n) is 6.60. The van der Waals surface area contributed by atoms with Gasteiger partial charge in [0.2, 0.25) is 0 Å². The molecule has 1 saturated carbocycles. The van der Waals surface area contributed by atoms with Crippen LogP contribution in [0.2, 0.25) is 0 Å². The maximum absolute atomic E-state index is 12.3. The zero-order valence-corrected chi connectivity index (χ0v) is 12.3. The van der Waals surface area contributed by atoms with Crippen LogP contribution in [0.1, 0.15) is 54.9 Å². The highest BCUT2D eigenvalue weighted by atomic mass is 16.1. The highest BCUT2D eigenvalue weighted by Gasteiger charge is 2.27. The number of carbonyl (C=O) groups excluding carboxylic acids is 1. The monoisotopic (exact) mass is 272 g/mol. The van der Waals surface area contributed by atoms with Gasteiger partial charge in [-0.05, 0) is 42.4 Å². The van der Waals surface area contributed by atoms with Crippen molar-refractivity contribution < 1.29 is 4.79 Å². The molecule has 0 aromatic heterocycles. The zero-order valence-electron chi connectivity index (χ0n) is 12.3. The molecule has 108 valence electrons. The standard InChI is InChI=1S/C17H24N2O/c1-17(8-3-2-4-9-17)12-19-16(20)14-6-5-13-7-10-18-15(13)11-14/h5-6,11,18H,2-4,7-10,12H2,1H3,(H,19,20). The first kappa shape index (κ1) is 13.5. The van der Waals surface area contributed by atoms with Gasteiger partial charge in [-0.25, -0.2) is 0 Å². The first-order valence-corrected chi connectivity index (χ1v) is 7.81. The van der Waals surface area contributed by atoms with Gasteiger partial charge in [0.25, 0.3) is 5.91 Å². The molecule has 0 atom stereocenters. The topological polar surface area (TPSA) is 41.1 Å². The van der Waals surface area contributed by atoms with E-state index in [4.69, 9.17) is 0 Å². The zero-order chi connectivity index (χ0) is 14.0. The Kier molecular flexibility index (Phi) is 3.68. The van der Waals surface area contributed by atoms with Crippen LogP contribution < -0.4 is 10.6 Å². The number of nitrogens with one attached hydrogen (secondary N) is 2. The lowest BCUT2D eigenvalue weighted by Gasteiger charge is -2.33. The average molecular weight is 272 g/mol. The summed E-state index contributed by atoms with van der Waals surface area (Å²) in [6.07, 6.45) is 7.48. The third-order valence-corrected chi connectivity index (χ3v) is 4.82. The summed E-state index contributed by atoms with van der Waals surface area (Å²) in [6.45, 7) is 4.09. The Labute approximate surface area is 121 Å². The van der Waals surface area contributed by atoms with Crippen LogP contribution in [0.5, 0.6) is 0 Å². The van der Waals surface area contributed by atoms with E-state index in [0.29, 0.717) is 5.41 Å². The number of benzene rings is 1. The molecule has 1 heterocycles. The van der Waals surface area contributed by atoms with Gasteiger partial charge in [0.1, 0.15) is 0 Å². The van der Waals surface area contributed by atoms with Crippen molar-refractivity contribution in [3.63, 3.8) is 0 Å². The highest BCUT2D eigenvalue weighted by molar-refractivity contribution is 5.95. The van der Waals surface area contributed by atoms with E-state index in [9.17, 15) is 4.79 Å². The van der Waals surface area contributed by atoms with Gasteiger partial charge in [-0.15, -0.1) is 0 Å². The Morgan fingerprint density at radius 2 is 2.10 bits per heavy atom. The van der Waals surface area contributed by atoms with Gasteiger partial charge in [0, 0.05) is 24.3 Å². The van der Waals surface area contributed by atoms with Gasteiger partial charge in [-0.3, -0.25) is 4.79 Å². The number of hydrogen-bond acceptors (Lipinski definition) is 2. The molecule has 20 heavy (non-hydrogen) atoms. The fourth-order valence-corrected chi connectivity index (χ4v) is 3.41. The van der Waals surface area contributed by atoms with E-state index in [-0.39, 0.29) is 5.91 Å². The van der Waals surface area contributed by atoms with Crippen molar-refractivity contribution in [1.29, 1.82) is 0 Å². The summed E-state index contributed by atoms with van der Waals surface area (Å²) >= 11 is 0. The number of amides is 1. The Hall–Kier alpha value is -1.51. The van der Waals surface area contributed by atoms with Crippen molar-refractivity contribution in [3.8, 4) is 0 Å². The molecular weight excluding hydrogens is 248 g/mol. The van der Waals surface area contributed by atoms with E-state index >= 15 is 0 Å². The minimum Gasteiger partial charge on any atom is -0.384 e. The predicted octanol–water partition coefficient (Wildman–Crippen LogP) is 3.35. The van der Waals surface area contributed by atoms with E-state index in [1.54, 1.807) is 0 Å². The summed E-state index contributed by atoms with van der Waals surface area (Å²) < 4.78 is 0. The van der Waals surface area contributed by atoms with E-state index < -0.39 is 0 Å². The summed E-state index contributed by atoms with van der Waals surface area (Å²) in [7, 11) is 0. The summed E-state index contributed by atoms with van der Waals surface area (Å²) in [4.78, 5) is 12.3. The fourth-order valence-electron chi connectivity index (χ4n) is 3.41. The lowest BCUT2D eigenvalue weighted by molar-refractivity contribution is 0.0919. The van der Waals surface area contributed by atoms with Crippen LogP contribution in [0.25, 0.3) is 0 Å². The molecule has 3 nitrogen and oxygen atoms in total. The van der Waals surface area contributed by atoms with Gasteiger partial charge in [-0.1, -0.05) is 32.3 Å². The minimum absolute atomic E-state index is 0.0632. The fraction of sp³-hybridized carbons (Fsp3) is 0.588. The van der Waals surface area contributed by atoms with Gasteiger partial charge in [0.05, 0.1) is 0 Å². The molecule has 1 aromatic rings. The molecule has 1 fully saturated rings. The van der Waals surface area contributed by atoms with E-state index in [0.717, 1.165) is 30.8 Å². The lowest BCUT2D eigenvalue weighted by atomic mass is 9.76. The molecule has 1 amide bonds. The summed E-state index contributed by atoms with van der Waals surface area (Å²) in [6, 6.07) is 6.01. The van der Waals surface area contributed by atoms with Crippen LogP contribution in [-0.2, 0) is 6.42 Å². The Morgan fingerprint density at radius 1 is 1.30 bits per heavy atom. The summed E-state index contributed by atoms with van der Waals surface area (Å²) in [5.41, 5.74) is 3.52. The van der Waals surface area contributed by atoms with Crippen molar-refractivity contribution >= 4 is 11.6 Å². The molecule has 0 unspecified atom stereocenters. The van der Waals surface area contributed by atoms with Crippen LogP contribution in [0.3, 0.4) is 0 Å². The van der Waals surface area contributed by atoms with Crippen LogP contribution in [0, 0.1) is 5.41 Å². The molecule has 2 N–H and O–H groups in total. The molecule has 1 aliphatic carbocycles. The van der Waals surface area contributed by atoms with Crippen LogP contribution >= 0.6 is 0 Å². The van der Waals surface area contributed by atoms with Crippen LogP contribution in [0.4, 0.5) is 5.69 Å². The van der Waals surface area contributed by atoms with E-state index in [2.05, 4.69) is 23.6 Å². The predicted molar refractivity (Wildman–Crippen MR) is 82.2 cm³/mol. The van der Waals surface area contributed by atoms with Crippen molar-refractivity contribution in [2.24, 2.45) is 5.41 Å². The maximum atomic E-state index is 12.3. The highest BCUT2D eigenvalue weighted by Crippen LogP contribution is 2.35. The Morgan fingerprint density at radius 3 is 2.90 bits per heavy atom. The number of anilines is 1. The molecule has 3 rings (SSSR count). The lowest BCUT2D eigenvalue weighted by Crippen LogP contribution is -2.37. The summed E-state index contributed by atoms with van der Waals surface area (Å²) in [5.74, 6) is 0.0632. The van der Waals surface area contributed by atoms with Crippen LogP contribution in [-0.4, -0.2) is 19.0 Å². The molecule has 0 spiro atoms. The van der Waals surface area contributed by atoms with Gasteiger partial charge in [-0.2, -0.15) is 0 Å². The minimum atomic E-state index is 0.0632. The largest absolute Gasteiger partial charge is 0.384 e. The van der Waals surface area contributed by atoms with Crippen molar-refractivity contribution in [2.45, 2.75) is 45.4 Å². The van der Waals surface area contributed by atoms with Crippen molar-refractivity contribution in [3.05, 3.63) is 29.3 Å². The molecule has 1 aromatic carbocycles. The normalized spacial score (nSPS) is 20.1. The van der Waals surface area contributed by atoms with Crippen molar-refractivity contribution in [1.82, 2.24) is 5.32 Å². The molecule has 3 heteroatoms. The van der Waals surface area contributed by atoms with Crippen LogP contribution in [0.15, 0.2) is 18.2 Å². The number of carbonyl (C=O) groups is 1. The number of fused-ring (bicyclic) bond motifs is 1. The first-order valence-electron chi connectivity index (χ1n) is 7.81. The summed E-state index contributed by atoms with van der Waals surface area (Å²) in [5, 5.41) is 6.46. The van der Waals surface area contributed by atoms with Gasteiger partial charge >= 0.3 is 0 Å². The SMILES string of the molecule is CC1(CNC(=O)c2ccc3c(c2)NCC3)CCCCC1. The van der Waals surface area contributed by atoms with E-state index in [1.807, 2.05) is 12.1 Å². The first-order chi connectivity index (χ1) is 9.66. The Bertz CT molecular complexity index is 504. The third kappa shape index (κ3) is 2.82. The molecular formula is C17H24N2O. The van der Waals surface area contributed by atoms with Crippen molar-refractivity contribution in [2.75, 3.05) is 18.4 Å². The molecule has 1 aliphatic heterocycles. The molecule has 0 radical (unpaired) electrons. The smallest absolute Gasteiger partial charge is 0.251 e. The molecule has 0 bridgehead atoms. The number of rotatable bonds is 3. The van der Waals surface area contributed by atoms with Gasteiger partial charge in [0.15, 0.2) is 0 Å². The maximum Gasteiger partial charge on any atom is 0.251 e. The average Bonchev–Trinajstić information content (AvgIpc) is 2.93. The molecule has 0 saturated heterocycles. The molecule has 2 aliphatic rings. The number of hydrogen-bond donors (Lipinski definition) is 2. The quantitative estimate of drug-likeness (QED) is 0.886. The second-order valence-corrected chi connectivity index (χ2v) is 6.60. The third-order valence-electron chi connectivity index (χ3n) is 4.82. The Balaban J connectivity index is 1.61.